The molecule has 8 nitrogen and oxygen atoms in total. The van der Waals surface area contributed by atoms with Crippen molar-refractivity contribution < 1.29 is 14.6 Å². The third kappa shape index (κ3) is 4.04. The summed E-state index contributed by atoms with van der Waals surface area (Å²) in [4.78, 5) is 14.2. The fourth-order valence-electron chi connectivity index (χ4n) is 3.70. The number of hydrogen-bond acceptors (Lipinski definition) is 6. The van der Waals surface area contributed by atoms with E-state index in [1.54, 1.807) is 21.7 Å². The first-order valence-corrected chi connectivity index (χ1v) is 9.91. The van der Waals surface area contributed by atoms with Gasteiger partial charge in [0.1, 0.15) is 5.60 Å². The van der Waals surface area contributed by atoms with Gasteiger partial charge in [0.2, 0.25) is 5.88 Å². The molecule has 30 heavy (non-hydrogen) atoms. The van der Waals surface area contributed by atoms with E-state index in [0.717, 1.165) is 22.5 Å². The van der Waals surface area contributed by atoms with Crippen LogP contribution < -0.4 is 4.74 Å². The molecule has 1 fully saturated rings. The third-order valence-electron chi connectivity index (χ3n) is 5.39. The molecule has 3 heterocycles. The molecular weight excluding hydrogens is 382 g/mol. The second kappa shape index (κ2) is 7.87. The Hall–Kier alpha value is -3.26. The van der Waals surface area contributed by atoms with Gasteiger partial charge in [-0.3, -0.25) is 4.79 Å². The van der Waals surface area contributed by atoms with Gasteiger partial charge in [-0.1, -0.05) is 29.8 Å². The summed E-state index contributed by atoms with van der Waals surface area (Å²) in [5.74, 6) is 0.658. The number of nitrogens with zero attached hydrogens (tertiary/aromatic N) is 5. The number of aromatic nitrogens is 4. The maximum absolute atomic E-state index is 12.6. The predicted octanol–water partition coefficient (Wildman–Crippen LogP) is 2.09. The van der Waals surface area contributed by atoms with Gasteiger partial charge < -0.3 is 14.7 Å². The number of ether oxygens (including phenoxy) is 1. The van der Waals surface area contributed by atoms with E-state index in [4.69, 9.17) is 4.74 Å². The van der Waals surface area contributed by atoms with Crippen molar-refractivity contribution in [3.63, 3.8) is 0 Å². The molecule has 2 aromatic heterocycles. The molecule has 4 rings (SSSR count). The normalized spacial score (nSPS) is 18.6. The second-order valence-electron chi connectivity index (χ2n) is 7.82. The number of hydrogen-bond donors (Lipinski definition) is 1. The molecule has 8 heteroatoms. The molecule has 0 radical (unpaired) electrons. The minimum atomic E-state index is -1.02. The van der Waals surface area contributed by atoms with Gasteiger partial charge in [-0.2, -0.15) is 5.10 Å². The lowest BCUT2D eigenvalue weighted by Gasteiger charge is -2.24. The Morgan fingerprint density at radius 3 is 2.53 bits per heavy atom. The lowest BCUT2D eigenvalue weighted by atomic mass is 9.92. The molecule has 1 amide bonds. The highest BCUT2D eigenvalue weighted by Gasteiger charge is 2.39. The molecule has 0 aliphatic carbocycles. The zero-order chi connectivity index (χ0) is 21.3. The van der Waals surface area contributed by atoms with Crippen molar-refractivity contribution in [3.05, 3.63) is 65.0 Å². The molecule has 1 N–H and O–H groups in total. The van der Waals surface area contributed by atoms with Crippen molar-refractivity contribution in [2.75, 3.05) is 19.7 Å². The standard InChI is InChI=1S/C22H25N5O3/c1-15-4-6-18(7-5-15)22(29)10-11-26(14-22)21(28)13-30-20-9-8-19(23-24-20)27-17(3)12-16(2)25-27/h4-9,12,29H,10-11,13-14H2,1-3H3/t22-/m0/s1. The van der Waals surface area contributed by atoms with Crippen molar-refractivity contribution in [3.8, 4) is 11.7 Å². The van der Waals surface area contributed by atoms with Crippen LogP contribution in [0.1, 0.15) is 28.9 Å². The van der Waals surface area contributed by atoms with E-state index in [9.17, 15) is 9.90 Å². The van der Waals surface area contributed by atoms with Crippen LogP contribution in [0, 0.1) is 20.8 Å². The molecule has 1 aliphatic rings. The topological polar surface area (TPSA) is 93.4 Å². The summed E-state index contributed by atoms with van der Waals surface area (Å²) in [6.07, 6.45) is 0.499. The van der Waals surface area contributed by atoms with Crippen LogP contribution in [0.4, 0.5) is 0 Å². The summed E-state index contributed by atoms with van der Waals surface area (Å²) in [5, 5.41) is 23.5. The summed E-state index contributed by atoms with van der Waals surface area (Å²) in [7, 11) is 0. The van der Waals surface area contributed by atoms with Crippen molar-refractivity contribution in [1.29, 1.82) is 0 Å². The number of amides is 1. The molecule has 3 aromatic rings. The monoisotopic (exact) mass is 407 g/mol. The maximum atomic E-state index is 12.6. The summed E-state index contributed by atoms with van der Waals surface area (Å²) in [6.45, 7) is 6.44. The highest BCUT2D eigenvalue weighted by molar-refractivity contribution is 5.78. The van der Waals surface area contributed by atoms with Crippen molar-refractivity contribution in [2.24, 2.45) is 0 Å². The average Bonchev–Trinajstić information content (AvgIpc) is 3.30. The SMILES string of the molecule is Cc1ccc([C@]2(O)CCN(C(=O)COc3ccc(-n4nc(C)cc4C)nn3)C2)cc1. The molecule has 156 valence electrons. The number of likely N-dealkylation sites (tertiary alicyclic amines) is 1. The van der Waals surface area contributed by atoms with Crippen LogP contribution in [-0.4, -0.2) is 55.6 Å². The Kier molecular flexibility index (Phi) is 5.26. The van der Waals surface area contributed by atoms with E-state index in [1.165, 1.54) is 0 Å². The number of aryl methyl sites for hydroxylation is 3. The highest BCUT2D eigenvalue weighted by Crippen LogP contribution is 2.32. The van der Waals surface area contributed by atoms with Gasteiger partial charge in [-0.15, -0.1) is 10.2 Å². The second-order valence-corrected chi connectivity index (χ2v) is 7.82. The molecule has 0 bridgehead atoms. The molecule has 0 unspecified atom stereocenters. The van der Waals surface area contributed by atoms with Crippen LogP contribution in [0.5, 0.6) is 5.88 Å². The van der Waals surface area contributed by atoms with Crippen LogP contribution in [0.3, 0.4) is 0 Å². The van der Waals surface area contributed by atoms with Crippen LogP contribution >= 0.6 is 0 Å². The van der Waals surface area contributed by atoms with E-state index in [1.807, 2.05) is 51.1 Å². The molecule has 1 aliphatic heterocycles. The van der Waals surface area contributed by atoms with E-state index in [2.05, 4.69) is 15.3 Å². The summed E-state index contributed by atoms with van der Waals surface area (Å²) in [6, 6.07) is 13.1. The van der Waals surface area contributed by atoms with Gasteiger partial charge in [-0.25, -0.2) is 4.68 Å². The Morgan fingerprint density at radius 2 is 1.90 bits per heavy atom. The van der Waals surface area contributed by atoms with Crippen LogP contribution in [0.25, 0.3) is 5.82 Å². The minimum Gasteiger partial charge on any atom is -0.466 e. The van der Waals surface area contributed by atoms with Crippen molar-refractivity contribution >= 4 is 5.91 Å². The Labute approximate surface area is 175 Å². The van der Waals surface area contributed by atoms with Gasteiger partial charge in [0.05, 0.1) is 12.2 Å². The molecule has 1 atom stereocenters. The third-order valence-corrected chi connectivity index (χ3v) is 5.39. The van der Waals surface area contributed by atoms with Crippen LogP contribution in [0.15, 0.2) is 42.5 Å². The Morgan fingerprint density at radius 1 is 1.13 bits per heavy atom. The van der Waals surface area contributed by atoms with Gasteiger partial charge in [-0.05, 0) is 44.9 Å². The Bertz CT molecular complexity index is 1050. The number of aliphatic hydroxyl groups is 1. The minimum absolute atomic E-state index is 0.155. The summed E-state index contributed by atoms with van der Waals surface area (Å²) in [5.41, 5.74) is 2.80. The fourth-order valence-corrected chi connectivity index (χ4v) is 3.70. The van der Waals surface area contributed by atoms with Crippen LogP contribution in [0.2, 0.25) is 0 Å². The summed E-state index contributed by atoms with van der Waals surface area (Å²) >= 11 is 0. The molecule has 1 aromatic carbocycles. The van der Waals surface area contributed by atoms with Gasteiger partial charge >= 0.3 is 0 Å². The number of benzene rings is 1. The first kappa shape index (κ1) is 20.0. The largest absolute Gasteiger partial charge is 0.466 e. The molecule has 0 saturated carbocycles. The lowest BCUT2D eigenvalue weighted by molar-refractivity contribution is -0.133. The summed E-state index contributed by atoms with van der Waals surface area (Å²) < 4.78 is 7.22. The zero-order valence-corrected chi connectivity index (χ0v) is 17.4. The number of carbonyl (C=O) groups is 1. The zero-order valence-electron chi connectivity index (χ0n) is 17.4. The van der Waals surface area contributed by atoms with E-state index in [0.29, 0.717) is 18.8 Å². The Balaban J connectivity index is 1.35. The lowest BCUT2D eigenvalue weighted by Crippen LogP contribution is -2.37. The number of rotatable bonds is 5. The van der Waals surface area contributed by atoms with Gasteiger partial charge in [0.25, 0.3) is 5.91 Å². The quantitative estimate of drug-likeness (QED) is 0.696. The number of β-amino-alcohol motifs (C(OH)–C–C–N with tert-alkyl or cyclic N) is 1. The number of carbonyl (C=O) groups excluding carboxylic acids is 1. The fraction of sp³-hybridized carbons (Fsp3) is 0.364. The molecule has 0 spiro atoms. The van der Waals surface area contributed by atoms with E-state index >= 15 is 0 Å². The molecule has 1 saturated heterocycles. The molecular formula is C22H25N5O3. The van der Waals surface area contributed by atoms with Gasteiger partial charge in [0, 0.05) is 18.3 Å². The average molecular weight is 407 g/mol. The van der Waals surface area contributed by atoms with Gasteiger partial charge in [0.15, 0.2) is 12.4 Å². The smallest absolute Gasteiger partial charge is 0.260 e. The van der Waals surface area contributed by atoms with E-state index in [-0.39, 0.29) is 24.9 Å². The van der Waals surface area contributed by atoms with Crippen molar-refractivity contribution in [2.45, 2.75) is 32.8 Å². The van der Waals surface area contributed by atoms with Crippen molar-refractivity contribution in [1.82, 2.24) is 24.9 Å². The van der Waals surface area contributed by atoms with E-state index < -0.39 is 5.60 Å². The maximum Gasteiger partial charge on any atom is 0.260 e. The van der Waals surface area contributed by atoms with Crippen LogP contribution in [-0.2, 0) is 10.4 Å². The first-order valence-electron chi connectivity index (χ1n) is 9.91. The highest BCUT2D eigenvalue weighted by atomic mass is 16.5. The predicted molar refractivity (Wildman–Crippen MR) is 110 cm³/mol. The first-order chi connectivity index (χ1) is 14.3.